The van der Waals surface area contributed by atoms with Gasteiger partial charge in [0, 0.05) is 53.5 Å². The number of benzene rings is 1. The summed E-state index contributed by atoms with van der Waals surface area (Å²) in [7, 11) is 0. The number of nitrogens with zero attached hydrogens (tertiary/aromatic N) is 3. The average Bonchev–Trinajstić information content (AvgIpc) is 2.54. The van der Waals surface area contributed by atoms with Gasteiger partial charge in [-0.15, -0.1) is 0 Å². The van der Waals surface area contributed by atoms with Crippen LogP contribution >= 0.6 is 15.9 Å². The van der Waals surface area contributed by atoms with Gasteiger partial charge < -0.3 is 10.0 Å². The number of fused-ring (bicyclic) bond motifs is 1. The first-order valence-electron chi connectivity index (χ1n) is 7.77. The Kier molecular flexibility index (Phi) is 4.58. The summed E-state index contributed by atoms with van der Waals surface area (Å²) >= 11 is 3.39. The Morgan fingerprint density at radius 1 is 1.26 bits per heavy atom. The highest BCUT2D eigenvalue weighted by atomic mass is 79.9. The zero-order valence-corrected chi connectivity index (χ0v) is 15.0. The first-order chi connectivity index (χ1) is 10.9. The van der Waals surface area contributed by atoms with Crippen LogP contribution in [0, 0.1) is 5.82 Å². The summed E-state index contributed by atoms with van der Waals surface area (Å²) in [5, 5.41) is 10.3. The van der Waals surface area contributed by atoms with Crippen molar-refractivity contribution in [1.82, 2.24) is 9.88 Å². The van der Waals surface area contributed by atoms with Gasteiger partial charge in [-0.25, -0.2) is 4.39 Å². The van der Waals surface area contributed by atoms with E-state index in [2.05, 4.69) is 44.6 Å². The van der Waals surface area contributed by atoms with E-state index in [1.807, 2.05) is 6.07 Å². The highest BCUT2D eigenvalue weighted by Gasteiger charge is 2.29. The zero-order valence-electron chi connectivity index (χ0n) is 13.4. The molecular weight excluding hydrogens is 361 g/mol. The van der Waals surface area contributed by atoms with Gasteiger partial charge in [0.15, 0.2) is 0 Å². The van der Waals surface area contributed by atoms with Gasteiger partial charge >= 0.3 is 0 Å². The molecule has 1 fully saturated rings. The highest BCUT2D eigenvalue weighted by Crippen LogP contribution is 2.32. The number of hydrogen-bond donors (Lipinski definition) is 1. The summed E-state index contributed by atoms with van der Waals surface area (Å²) in [5.41, 5.74) is 1.58. The molecule has 0 atom stereocenters. The van der Waals surface area contributed by atoms with Gasteiger partial charge in [-0.05, 0) is 48.0 Å². The lowest BCUT2D eigenvalue weighted by atomic mass is 10.0. The highest BCUT2D eigenvalue weighted by molar-refractivity contribution is 9.10. The third-order valence-corrected chi connectivity index (χ3v) is 5.21. The Morgan fingerprint density at radius 3 is 2.61 bits per heavy atom. The van der Waals surface area contributed by atoms with E-state index in [1.165, 1.54) is 6.07 Å². The molecule has 0 unspecified atom stereocenters. The van der Waals surface area contributed by atoms with E-state index in [0.717, 1.165) is 42.8 Å². The molecule has 3 rings (SSSR count). The largest absolute Gasteiger partial charge is 0.394 e. The fourth-order valence-electron chi connectivity index (χ4n) is 3.09. The normalized spacial score (nSPS) is 17.0. The molecule has 0 aliphatic carbocycles. The Bertz CT molecular complexity index is 714. The lowest BCUT2D eigenvalue weighted by Gasteiger charge is -2.44. The maximum atomic E-state index is 13.8. The number of halogens is 2. The number of hydrogen-bond acceptors (Lipinski definition) is 4. The molecule has 0 spiro atoms. The molecule has 1 aliphatic rings. The van der Waals surface area contributed by atoms with Gasteiger partial charge in [-0.1, -0.05) is 0 Å². The van der Waals surface area contributed by atoms with Gasteiger partial charge in [-0.3, -0.25) is 9.88 Å². The van der Waals surface area contributed by atoms with E-state index in [0.29, 0.717) is 4.47 Å². The van der Waals surface area contributed by atoms with E-state index >= 15 is 0 Å². The monoisotopic (exact) mass is 381 g/mol. The quantitative estimate of drug-likeness (QED) is 0.886. The molecule has 2 aromatic rings. The minimum atomic E-state index is -0.265. The number of rotatable bonds is 3. The van der Waals surface area contributed by atoms with Crippen molar-refractivity contribution in [1.29, 1.82) is 0 Å². The second-order valence-electron chi connectivity index (χ2n) is 6.56. The topological polar surface area (TPSA) is 39.6 Å². The van der Waals surface area contributed by atoms with Crippen molar-refractivity contribution in [3.63, 3.8) is 0 Å². The Labute approximate surface area is 144 Å². The van der Waals surface area contributed by atoms with Crippen LogP contribution in [0.25, 0.3) is 10.9 Å². The van der Waals surface area contributed by atoms with Gasteiger partial charge in [0.25, 0.3) is 0 Å². The van der Waals surface area contributed by atoms with Crippen LogP contribution in [-0.2, 0) is 0 Å². The molecule has 0 amide bonds. The van der Waals surface area contributed by atoms with Gasteiger partial charge in [0.05, 0.1) is 12.1 Å². The number of anilines is 1. The van der Waals surface area contributed by atoms with Crippen molar-refractivity contribution in [2.75, 3.05) is 37.7 Å². The molecular formula is C17H21BrFN3O. The van der Waals surface area contributed by atoms with Gasteiger partial charge in [0.1, 0.15) is 5.82 Å². The summed E-state index contributed by atoms with van der Waals surface area (Å²) in [6.45, 7) is 7.67. The van der Waals surface area contributed by atoms with Crippen molar-refractivity contribution < 1.29 is 9.50 Å². The Hall–Kier alpha value is -1.24. The van der Waals surface area contributed by atoms with Crippen molar-refractivity contribution in [3.8, 4) is 0 Å². The van der Waals surface area contributed by atoms with Crippen molar-refractivity contribution in [2.45, 2.75) is 19.4 Å². The fraction of sp³-hybridized carbons (Fsp3) is 0.471. The van der Waals surface area contributed by atoms with Crippen LogP contribution < -0.4 is 4.90 Å². The van der Waals surface area contributed by atoms with E-state index in [9.17, 15) is 9.50 Å². The third kappa shape index (κ3) is 3.20. The summed E-state index contributed by atoms with van der Waals surface area (Å²) in [4.78, 5) is 8.92. The zero-order chi connectivity index (χ0) is 16.6. The number of aliphatic hydroxyl groups excluding tert-OH is 1. The summed E-state index contributed by atoms with van der Waals surface area (Å²) in [6, 6.07) is 4.94. The second kappa shape index (κ2) is 6.34. The van der Waals surface area contributed by atoms with Crippen LogP contribution in [0.4, 0.5) is 10.1 Å². The Morgan fingerprint density at radius 2 is 1.96 bits per heavy atom. The molecule has 2 heterocycles. The maximum Gasteiger partial charge on any atom is 0.125 e. The number of pyridine rings is 1. The maximum absolute atomic E-state index is 13.8. The van der Waals surface area contributed by atoms with Gasteiger partial charge in [-0.2, -0.15) is 0 Å². The van der Waals surface area contributed by atoms with E-state index in [4.69, 9.17) is 0 Å². The molecule has 6 heteroatoms. The molecule has 4 nitrogen and oxygen atoms in total. The van der Waals surface area contributed by atoms with Crippen LogP contribution in [-0.4, -0.2) is 53.3 Å². The molecule has 1 aromatic heterocycles. The third-order valence-electron chi connectivity index (χ3n) is 4.60. The fourth-order valence-corrected chi connectivity index (χ4v) is 3.63. The summed E-state index contributed by atoms with van der Waals surface area (Å²) < 4.78 is 14.5. The van der Waals surface area contributed by atoms with Crippen LogP contribution in [0.3, 0.4) is 0 Å². The SMILES string of the molecule is CC(C)(CO)N1CCN(c2ccnc3c(Br)cc(F)cc23)CC1. The second-order valence-corrected chi connectivity index (χ2v) is 7.41. The molecule has 23 heavy (non-hydrogen) atoms. The first kappa shape index (κ1) is 16.6. The van der Waals surface area contributed by atoms with Crippen molar-refractivity contribution in [2.24, 2.45) is 0 Å². The van der Waals surface area contributed by atoms with E-state index in [-0.39, 0.29) is 18.0 Å². The van der Waals surface area contributed by atoms with Crippen LogP contribution in [0.5, 0.6) is 0 Å². The summed E-state index contributed by atoms with van der Waals surface area (Å²) in [6.07, 6.45) is 1.77. The molecule has 0 saturated carbocycles. The minimum absolute atomic E-state index is 0.142. The Balaban J connectivity index is 1.88. The average molecular weight is 382 g/mol. The lowest BCUT2D eigenvalue weighted by Crippen LogP contribution is -2.56. The van der Waals surface area contributed by atoms with Crippen LogP contribution in [0.15, 0.2) is 28.9 Å². The molecule has 1 saturated heterocycles. The van der Waals surface area contributed by atoms with E-state index in [1.54, 1.807) is 12.3 Å². The molecule has 1 N–H and O–H groups in total. The van der Waals surface area contributed by atoms with Crippen LogP contribution in [0.1, 0.15) is 13.8 Å². The molecule has 124 valence electrons. The van der Waals surface area contributed by atoms with Crippen LogP contribution in [0.2, 0.25) is 0 Å². The molecule has 1 aliphatic heterocycles. The van der Waals surface area contributed by atoms with Crippen molar-refractivity contribution >= 4 is 32.5 Å². The summed E-state index contributed by atoms with van der Waals surface area (Å²) in [5.74, 6) is -0.265. The first-order valence-corrected chi connectivity index (χ1v) is 8.56. The van der Waals surface area contributed by atoms with E-state index < -0.39 is 0 Å². The molecule has 0 bridgehead atoms. The minimum Gasteiger partial charge on any atom is -0.394 e. The standard InChI is InChI=1S/C17H21BrFN3O/c1-17(2,11-23)22-7-5-21(6-8-22)15-3-4-20-16-13(15)9-12(19)10-14(16)18/h3-4,9-10,23H,5-8,11H2,1-2H3. The predicted molar refractivity (Wildman–Crippen MR) is 94.4 cm³/mol. The number of piperazine rings is 1. The smallest absolute Gasteiger partial charge is 0.125 e. The number of aliphatic hydroxyl groups is 1. The molecule has 1 aromatic carbocycles. The predicted octanol–water partition coefficient (Wildman–Crippen LogP) is 3.03. The van der Waals surface area contributed by atoms with Crippen molar-refractivity contribution in [3.05, 3.63) is 34.7 Å². The number of aromatic nitrogens is 1. The molecule has 0 radical (unpaired) electrons. The van der Waals surface area contributed by atoms with Gasteiger partial charge in [0.2, 0.25) is 0 Å². The lowest BCUT2D eigenvalue weighted by molar-refractivity contribution is 0.0527.